The Hall–Kier alpha value is -2.13. The Balaban J connectivity index is 2.15. The molecule has 2 rings (SSSR count). The van der Waals surface area contributed by atoms with Crippen LogP contribution in [-0.4, -0.2) is 5.91 Å². The summed E-state index contributed by atoms with van der Waals surface area (Å²) in [5.74, 6) is -0.790. The van der Waals surface area contributed by atoms with Crippen molar-refractivity contribution in [3.8, 4) is 0 Å². The zero-order valence-corrected chi connectivity index (χ0v) is 12.5. The highest BCUT2D eigenvalue weighted by atomic mass is 35.5. The van der Waals surface area contributed by atoms with Crippen molar-refractivity contribution in [3.05, 3.63) is 70.0 Å². The van der Waals surface area contributed by atoms with Crippen LogP contribution in [0.4, 0.5) is 10.1 Å². The van der Waals surface area contributed by atoms with Gasteiger partial charge >= 0.3 is 0 Å². The molecule has 0 aliphatic heterocycles. The molecule has 1 N–H and O–H groups in total. The predicted molar refractivity (Wildman–Crippen MR) is 85.0 cm³/mol. The maximum atomic E-state index is 13.6. The molecule has 0 bridgehead atoms. The van der Waals surface area contributed by atoms with E-state index in [9.17, 15) is 9.18 Å². The fourth-order valence-electron chi connectivity index (χ4n) is 1.87. The van der Waals surface area contributed by atoms with E-state index in [0.29, 0.717) is 0 Å². The second kappa shape index (κ2) is 6.55. The lowest BCUT2D eigenvalue weighted by atomic mass is 10.1. The third-order valence-electron chi connectivity index (χ3n) is 3.05. The number of nitrogens with one attached hydrogen (secondary N) is 1. The normalized spacial score (nSPS) is 10.9. The molecule has 21 heavy (non-hydrogen) atoms. The van der Waals surface area contributed by atoms with Crippen molar-refractivity contribution in [1.29, 1.82) is 0 Å². The van der Waals surface area contributed by atoms with Crippen LogP contribution in [0.1, 0.15) is 16.7 Å². The van der Waals surface area contributed by atoms with Crippen LogP contribution in [-0.2, 0) is 4.79 Å². The van der Waals surface area contributed by atoms with Crippen molar-refractivity contribution in [2.75, 3.05) is 5.32 Å². The zero-order chi connectivity index (χ0) is 15.4. The Morgan fingerprint density at radius 3 is 2.71 bits per heavy atom. The lowest BCUT2D eigenvalue weighted by Gasteiger charge is -2.07. The zero-order valence-electron chi connectivity index (χ0n) is 11.8. The number of rotatable bonds is 3. The number of aryl methyl sites for hydroxylation is 2. The molecule has 0 heterocycles. The maximum absolute atomic E-state index is 13.6. The Bertz CT molecular complexity index is 690. The van der Waals surface area contributed by atoms with Gasteiger partial charge in [-0.25, -0.2) is 4.39 Å². The van der Waals surface area contributed by atoms with Crippen LogP contribution in [0.25, 0.3) is 6.08 Å². The van der Waals surface area contributed by atoms with Gasteiger partial charge in [-0.05, 0) is 49.2 Å². The number of amides is 1. The van der Waals surface area contributed by atoms with Gasteiger partial charge in [0.25, 0.3) is 0 Å². The molecule has 2 aromatic carbocycles. The molecule has 2 nitrogen and oxygen atoms in total. The number of carbonyl (C=O) groups is 1. The largest absolute Gasteiger partial charge is 0.322 e. The third kappa shape index (κ3) is 3.92. The van der Waals surface area contributed by atoms with E-state index in [-0.39, 0.29) is 16.5 Å². The number of hydrogen-bond acceptors (Lipinski definition) is 1. The highest BCUT2D eigenvalue weighted by Gasteiger charge is 2.05. The molecule has 0 radical (unpaired) electrons. The molecule has 0 fully saturated rings. The van der Waals surface area contributed by atoms with Gasteiger partial charge in [0.15, 0.2) is 0 Å². The third-order valence-corrected chi connectivity index (χ3v) is 3.38. The summed E-state index contributed by atoms with van der Waals surface area (Å²) in [6.07, 6.45) is 2.64. The first-order chi connectivity index (χ1) is 9.97. The van der Waals surface area contributed by atoms with Gasteiger partial charge in [0.2, 0.25) is 5.91 Å². The first-order valence-electron chi connectivity index (χ1n) is 6.47. The molecule has 0 saturated carbocycles. The average molecular weight is 304 g/mol. The van der Waals surface area contributed by atoms with Crippen molar-refractivity contribution >= 4 is 29.3 Å². The minimum absolute atomic E-state index is 0.204. The minimum Gasteiger partial charge on any atom is -0.322 e. The Labute approximate surface area is 128 Å². The first kappa shape index (κ1) is 15.3. The Morgan fingerprint density at radius 1 is 1.24 bits per heavy atom. The van der Waals surface area contributed by atoms with Gasteiger partial charge < -0.3 is 5.32 Å². The van der Waals surface area contributed by atoms with E-state index >= 15 is 0 Å². The van der Waals surface area contributed by atoms with Crippen molar-refractivity contribution < 1.29 is 9.18 Å². The number of anilines is 1. The first-order valence-corrected chi connectivity index (χ1v) is 6.85. The van der Waals surface area contributed by atoms with Gasteiger partial charge in [0.1, 0.15) is 5.82 Å². The summed E-state index contributed by atoms with van der Waals surface area (Å²) in [6.45, 7) is 3.86. The van der Waals surface area contributed by atoms with Gasteiger partial charge in [-0.1, -0.05) is 29.8 Å². The van der Waals surface area contributed by atoms with Crippen LogP contribution in [0.3, 0.4) is 0 Å². The van der Waals surface area contributed by atoms with E-state index in [1.54, 1.807) is 6.07 Å². The molecule has 0 saturated heterocycles. The van der Waals surface area contributed by atoms with E-state index in [1.807, 2.05) is 32.0 Å². The van der Waals surface area contributed by atoms with Crippen LogP contribution in [0.5, 0.6) is 0 Å². The van der Waals surface area contributed by atoms with Gasteiger partial charge in [-0.15, -0.1) is 0 Å². The number of carbonyl (C=O) groups excluding carboxylic acids is 1. The molecule has 1 amide bonds. The average Bonchev–Trinajstić information content (AvgIpc) is 2.42. The molecule has 0 unspecified atom stereocenters. The van der Waals surface area contributed by atoms with Crippen LogP contribution in [0, 0.1) is 19.7 Å². The van der Waals surface area contributed by atoms with Crippen LogP contribution < -0.4 is 5.32 Å². The molecule has 2 aromatic rings. The summed E-state index contributed by atoms with van der Waals surface area (Å²) in [5.41, 5.74) is 2.96. The standard InChI is InChI=1S/C17H15ClFNO/c1-11-6-7-12(2)16(10-11)20-17(21)9-8-13-14(18)4-3-5-15(13)19/h3-10H,1-2H3,(H,20,21)/b9-8+. The van der Waals surface area contributed by atoms with E-state index in [4.69, 9.17) is 11.6 Å². The Morgan fingerprint density at radius 2 is 2.00 bits per heavy atom. The predicted octanol–water partition coefficient (Wildman–Crippen LogP) is 4.75. The summed E-state index contributed by atoms with van der Waals surface area (Å²) < 4.78 is 13.6. The van der Waals surface area contributed by atoms with Gasteiger partial charge in [-0.3, -0.25) is 4.79 Å². The minimum atomic E-state index is -0.460. The van der Waals surface area contributed by atoms with Crippen LogP contribution in [0.2, 0.25) is 5.02 Å². The van der Waals surface area contributed by atoms with Crippen LogP contribution in [0.15, 0.2) is 42.5 Å². The lowest BCUT2D eigenvalue weighted by molar-refractivity contribution is -0.111. The highest BCUT2D eigenvalue weighted by molar-refractivity contribution is 6.32. The molecule has 0 spiro atoms. The Kier molecular flexibility index (Phi) is 4.76. The fraction of sp³-hybridized carbons (Fsp3) is 0.118. The topological polar surface area (TPSA) is 29.1 Å². The molecule has 108 valence electrons. The smallest absolute Gasteiger partial charge is 0.248 e. The molecular formula is C17H15ClFNO. The summed E-state index contributed by atoms with van der Waals surface area (Å²) in [5, 5.41) is 3.04. The molecular weight excluding hydrogens is 289 g/mol. The monoisotopic (exact) mass is 303 g/mol. The van der Waals surface area contributed by atoms with E-state index in [0.717, 1.165) is 16.8 Å². The van der Waals surface area contributed by atoms with Crippen molar-refractivity contribution in [2.24, 2.45) is 0 Å². The van der Waals surface area contributed by atoms with Crippen LogP contribution >= 0.6 is 11.6 Å². The van der Waals surface area contributed by atoms with E-state index in [1.165, 1.54) is 24.3 Å². The molecule has 0 atom stereocenters. The number of hydrogen-bond donors (Lipinski definition) is 1. The fourth-order valence-corrected chi connectivity index (χ4v) is 2.10. The van der Waals surface area contributed by atoms with Gasteiger partial charge in [0.05, 0.1) is 5.02 Å². The molecule has 0 aromatic heterocycles. The number of halogens is 2. The number of benzene rings is 2. The van der Waals surface area contributed by atoms with Crippen molar-refractivity contribution in [2.45, 2.75) is 13.8 Å². The second-order valence-corrected chi connectivity index (χ2v) is 5.18. The van der Waals surface area contributed by atoms with Gasteiger partial charge in [0, 0.05) is 17.3 Å². The van der Waals surface area contributed by atoms with Crippen molar-refractivity contribution in [1.82, 2.24) is 0 Å². The lowest BCUT2D eigenvalue weighted by Crippen LogP contribution is -2.09. The second-order valence-electron chi connectivity index (χ2n) is 4.78. The summed E-state index contributed by atoms with van der Waals surface area (Å²) in [7, 11) is 0. The molecule has 4 heteroatoms. The summed E-state index contributed by atoms with van der Waals surface area (Å²) >= 11 is 5.90. The summed E-state index contributed by atoms with van der Waals surface area (Å²) in [4.78, 5) is 11.9. The maximum Gasteiger partial charge on any atom is 0.248 e. The molecule has 0 aliphatic carbocycles. The summed E-state index contributed by atoms with van der Waals surface area (Å²) in [6, 6.07) is 10.2. The molecule has 0 aliphatic rings. The quantitative estimate of drug-likeness (QED) is 0.815. The van der Waals surface area contributed by atoms with E-state index in [2.05, 4.69) is 5.32 Å². The van der Waals surface area contributed by atoms with Crippen molar-refractivity contribution in [3.63, 3.8) is 0 Å². The van der Waals surface area contributed by atoms with E-state index < -0.39 is 5.82 Å². The SMILES string of the molecule is Cc1ccc(C)c(NC(=O)/C=C/c2c(F)cccc2Cl)c1. The van der Waals surface area contributed by atoms with Gasteiger partial charge in [-0.2, -0.15) is 0 Å². The highest BCUT2D eigenvalue weighted by Crippen LogP contribution is 2.21.